The summed E-state index contributed by atoms with van der Waals surface area (Å²) in [6.45, 7) is 10.2. The molecular weight excluding hydrogens is 404 g/mol. The van der Waals surface area contributed by atoms with Crippen molar-refractivity contribution in [1.29, 1.82) is 5.53 Å². The third-order valence-electron chi connectivity index (χ3n) is 6.43. The molecule has 7 heteroatoms. The average molecular weight is 438 g/mol. The molecule has 0 saturated carbocycles. The quantitative estimate of drug-likeness (QED) is 0.335. The SMILES string of the molecule is CCN(c1cc(N=[N+]=N)cc(C(=O)CCC2=C(C)C=C(C)CC2=O)c1C)C1CCOCC1. The molecule has 1 heterocycles. The van der Waals surface area contributed by atoms with E-state index in [0.29, 0.717) is 30.1 Å². The largest absolute Gasteiger partial charge is 0.381 e. The van der Waals surface area contributed by atoms with Gasteiger partial charge in [0.25, 0.3) is 0 Å². The van der Waals surface area contributed by atoms with E-state index in [-0.39, 0.29) is 18.0 Å². The molecule has 0 aromatic heterocycles. The predicted molar refractivity (Wildman–Crippen MR) is 125 cm³/mol. The molecule has 170 valence electrons. The van der Waals surface area contributed by atoms with Crippen molar-refractivity contribution in [3.63, 3.8) is 0 Å². The van der Waals surface area contributed by atoms with Gasteiger partial charge in [0.2, 0.25) is 4.91 Å². The van der Waals surface area contributed by atoms with Crippen LogP contribution in [0.5, 0.6) is 0 Å². The lowest BCUT2D eigenvalue weighted by Crippen LogP contribution is -2.40. The van der Waals surface area contributed by atoms with Crippen LogP contribution >= 0.6 is 0 Å². The van der Waals surface area contributed by atoms with Gasteiger partial charge in [-0.1, -0.05) is 11.6 Å². The van der Waals surface area contributed by atoms with Gasteiger partial charge in [-0.05, 0) is 75.8 Å². The number of carbonyl (C=O) groups excluding carboxylic acids is 2. The third kappa shape index (κ3) is 5.29. The minimum Gasteiger partial charge on any atom is -0.381 e. The molecule has 0 amide bonds. The number of nitrogens with zero attached hydrogens (tertiary/aromatic N) is 3. The van der Waals surface area contributed by atoms with E-state index in [4.69, 9.17) is 10.3 Å². The van der Waals surface area contributed by atoms with Crippen molar-refractivity contribution < 1.29 is 14.3 Å². The number of benzene rings is 1. The molecule has 3 rings (SSSR count). The minimum atomic E-state index is -0.0202. The van der Waals surface area contributed by atoms with Crippen LogP contribution in [0.3, 0.4) is 0 Å². The third-order valence-corrected chi connectivity index (χ3v) is 6.43. The number of ether oxygens (including phenoxy) is 1. The van der Waals surface area contributed by atoms with Gasteiger partial charge in [-0.15, -0.1) is 0 Å². The van der Waals surface area contributed by atoms with Gasteiger partial charge in [0.05, 0.1) is 0 Å². The normalized spacial score (nSPS) is 17.1. The van der Waals surface area contributed by atoms with E-state index < -0.39 is 0 Å². The van der Waals surface area contributed by atoms with Crippen molar-refractivity contribution in [3.05, 3.63) is 46.1 Å². The van der Waals surface area contributed by atoms with Crippen molar-refractivity contribution in [2.24, 2.45) is 5.11 Å². The summed E-state index contributed by atoms with van der Waals surface area (Å²) in [5.41, 5.74) is 12.9. The van der Waals surface area contributed by atoms with Gasteiger partial charge >= 0.3 is 0 Å². The molecule has 32 heavy (non-hydrogen) atoms. The topological polar surface area (TPSA) is 96.9 Å². The van der Waals surface area contributed by atoms with E-state index in [1.165, 1.54) is 0 Å². The van der Waals surface area contributed by atoms with Crippen molar-refractivity contribution >= 4 is 22.9 Å². The van der Waals surface area contributed by atoms with Crippen LogP contribution in [-0.4, -0.2) is 37.4 Å². The Labute approximate surface area is 189 Å². The lowest BCUT2D eigenvalue weighted by Gasteiger charge is -2.36. The Morgan fingerprint density at radius 2 is 1.97 bits per heavy atom. The summed E-state index contributed by atoms with van der Waals surface area (Å²) in [4.78, 5) is 31.2. The maximum atomic E-state index is 13.3. The summed E-state index contributed by atoms with van der Waals surface area (Å²) in [5.74, 6) is 0.0920. The molecule has 1 saturated heterocycles. The van der Waals surface area contributed by atoms with Crippen LogP contribution in [0.25, 0.3) is 0 Å². The highest BCUT2D eigenvalue weighted by Crippen LogP contribution is 2.34. The number of allylic oxidation sites excluding steroid dienone is 4. The highest BCUT2D eigenvalue weighted by molar-refractivity contribution is 6.03. The number of ketones is 2. The van der Waals surface area contributed by atoms with E-state index in [0.717, 1.165) is 60.6 Å². The van der Waals surface area contributed by atoms with Gasteiger partial charge < -0.3 is 9.64 Å². The highest BCUT2D eigenvalue weighted by atomic mass is 16.5. The lowest BCUT2D eigenvalue weighted by molar-refractivity contribution is -0.115. The molecule has 1 aliphatic carbocycles. The fourth-order valence-electron chi connectivity index (χ4n) is 4.81. The van der Waals surface area contributed by atoms with Crippen molar-refractivity contribution in [2.75, 3.05) is 24.7 Å². The zero-order valence-electron chi connectivity index (χ0n) is 19.5. The standard InChI is InChI=1S/C25H33N4O3/c1-5-29(20-8-10-32-11-9-20)23-15-19(27-28-26)14-22(18(23)4)24(30)7-6-21-17(3)12-16(2)13-25(21)31/h12,14-15,20,26H,5-11,13H2,1-4H3/q+1. The minimum absolute atomic E-state index is 0.0202. The number of carbonyl (C=O) groups is 2. The Bertz CT molecular complexity index is 1010. The number of hydrogen-bond donors (Lipinski definition) is 1. The zero-order valence-corrected chi connectivity index (χ0v) is 19.5. The summed E-state index contributed by atoms with van der Waals surface area (Å²) in [6, 6.07) is 3.96. The molecule has 1 aromatic rings. The van der Waals surface area contributed by atoms with Crippen LogP contribution in [-0.2, 0) is 9.53 Å². The van der Waals surface area contributed by atoms with Gasteiger partial charge in [0.15, 0.2) is 22.4 Å². The summed E-state index contributed by atoms with van der Waals surface area (Å²) >= 11 is 0. The second-order valence-electron chi connectivity index (χ2n) is 8.64. The molecule has 2 aliphatic rings. The first kappa shape index (κ1) is 23.8. The zero-order chi connectivity index (χ0) is 23.3. The molecule has 0 unspecified atom stereocenters. The van der Waals surface area contributed by atoms with Gasteiger partial charge in [-0.25, -0.2) is 0 Å². The monoisotopic (exact) mass is 437 g/mol. The number of anilines is 1. The smallest absolute Gasteiger partial charge is 0.220 e. The Kier molecular flexibility index (Phi) is 7.89. The summed E-state index contributed by atoms with van der Waals surface area (Å²) in [6.07, 6.45) is 5.03. The first-order chi connectivity index (χ1) is 15.3. The predicted octanol–water partition coefficient (Wildman–Crippen LogP) is 5.38. The highest BCUT2D eigenvalue weighted by Gasteiger charge is 2.26. The van der Waals surface area contributed by atoms with E-state index >= 15 is 0 Å². The molecule has 0 atom stereocenters. The van der Waals surface area contributed by atoms with Crippen LogP contribution in [0.2, 0.25) is 0 Å². The molecule has 0 radical (unpaired) electrons. The average Bonchev–Trinajstić information content (AvgIpc) is 2.76. The second kappa shape index (κ2) is 10.6. The van der Waals surface area contributed by atoms with Gasteiger partial charge in [0.1, 0.15) is 5.53 Å². The van der Waals surface area contributed by atoms with E-state index in [9.17, 15) is 9.59 Å². The van der Waals surface area contributed by atoms with Crippen LogP contribution < -0.4 is 9.81 Å². The maximum absolute atomic E-state index is 13.3. The Balaban J connectivity index is 1.91. The molecule has 1 aromatic carbocycles. The Morgan fingerprint density at radius 3 is 2.59 bits per heavy atom. The number of hydrogen-bond acceptors (Lipinski definition) is 6. The Hall–Kier alpha value is -2.89. The van der Waals surface area contributed by atoms with Crippen LogP contribution in [0.1, 0.15) is 68.8 Å². The Morgan fingerprint density at radius 1 is 1.25 bits per heavy atom. The van der Waals surface area contributed by atoms with Crippen LogP contribution in [0, 0.1) is 12.5 Å². The lowest BCUT2D eigenvalue weighted by atomic mass is 9.88. The number of rotatable bonds is 8. The van der Waals surface area contributed by atoms with Crippen molar-refractivity contribution in [3.8, 4) is 0 Å². The van der Waals surface area contributed by atoms with Crippen molar-refractivity contribution in [2.45, 2.75) is 65.8 Å². The van der Waals surface area contributed by atoms with Gasteiger partial charge in [0, 0.05) is 49.9 Å². The van der Waals surface area contributed by atoms with E-state index in [1.54, 1.807) is 6.07 Å². The maximum Gasteiger partial charge on any atom is 0.220 e. The fourth-order valence-corrected chi connectivity index (χ4v) is 4.81. The fraction of sp³-hybridized carbons (Fsp3) is 0.520. The first-order valence-corrected chi connectivity index (χ1v) is 11.4. The molecule has 1 aliphatic heterocycles. The van der Waals surface area contributed by atoms with Gasteiger partial charge in [-0.2, -0.15) is 0 Å². The summed E-state index contributed by atoms with van der Waals surface area (Å²) in [5, 5.41) is 3.91. The van der Waals surface area contributed by atoms with Crippen molar-refractivity contribution in [1.82, 2.24) is 4.91 Å². The number of Topliss-reactive ketones (excluding diaryl/α,β-unsaturated/α-hetero) is 2. The molecule has 0 bridgehead atoms. The molecule has 0 spiro atoms. The summed E-state index contributed by atoms with van der Waals surface area (Å²) in [7, 11) is 0. The summed E-state index contributed by atoms with van der Waals surface area (Å²) < 4.78 is 5.52. The second-order valence-corrected chi connectivity index (χ2v) is 8.64. The van der Waals surface area contributed by atoms with Crippen LogP contribution in [0.4, 0.5) is 11.4 Å². The van der Waals surface area contributed by atoms with E-state index in [1.807, 2.05) is 32.9 Å². The number of nitrogens with one attached hydrogen (secondary N) is 1. The molecule has 1 fully saturated rings. The molecule has 1 N–H and O–H groups in total. The van der Waals surface area contributed by atoms with E-state index in [2.05, 4.69) is 21.8 Å². The first-order valence-electron chi connectivity index (χ1n) is 11.4. The van der Waals surface area contributed by atoms with Crippen LogP contribution in [0.15, 0.2) is 40.0 Å². The van der Waals surface area contributed by atoms with Gasteiger partial charge in [-0.3, -0.25) is 9.59 Å². The molecule has 7 nitrogen and oxygen atoms in total. The molecular formula is C25H33N4O3+.